The smallest absolute Gasteiger partial charge is 0.253 e. The summed E-state index contributed by atoms with van der Waals surface area (Å²) >= 11 is 0. The molecule has 1 aliphatic carbocycles. The number of nitrogens with one attached hydrogen (secondary N) is 1. The van der Waals surface area contributed by atoms with Crippen LogP contribution in [-0.4, -0.2) is 23.1 Å². The molecule has 5 heteroatoms. The van der Waals surface area contributed by atoms with Crippen molar-refractivity contribution in [1.82, 2.24) is 15.3 Å². The lowest BCUT2D eigenvalue weighted by Gasteiger charge is -2.06. The van der Waals surface area contributed by atoms with Crippen molar-refractivity contribution in [3.05, 3.63) is 23.8 Å². The van der Waals surface area contributed by atoms with E-state index in [4.69, 9.17) is 0 Å². The van der Waals surface area contributed by atoms with Crippen molar-refractivity contribution >= 4 is 0 Å². The van der Waals surface area contributed by atoms with Crippen molar-refractivity contribution in [2.45, 2.75) is 18.8 Å². The van der Waals surface area contributed by atoms with Crippen LogP contribution >= 0.6 is 0 Å². The second kappa shape index (κ2) is 2.95. The third-order valence-corrected chi connectivity index (χ3v) is 3.52. The summed E-state index contributed by atoms with van der Waals surface area (Å²) in [6.45, 7) is 1.83. The average molecular weight is 210 g/mol. The summed E-state index contributed by atoms with van der Waals surface area (Å²) in [5.41, 5.74) is 0.321. The van der Waals surface area contributed by atoms with Gasteiger partial charge < -0.3 is 5.32 Å². The summed E-state index contributed by atoms with van der Waals surface area (Å²) in [6.07, 6.45) is 4.07. The van der Waals surface area contributed by atoms with Gasteiger partial charge in [0.2, 0.25) is 6.33 Å². The first-order valence-electron chi connectivity index (χ1n) is 5.03. The van der Waals surface area contributed by atoms with E-state index in [1.54, 1.807) is 0 Å². The van der Waals surface area contributed by atoms with Gasteiger partial charge in [-0.2, -0.15) is 13.8 Å². The molecule has 0 amide bonds. The Bertz CT molecular complexity index is 402. The molecule has 2 fully saturated rings. The largest absolute Gasteiger partial charge is 0.316 e. The molecule has 1 N–H and O–H groups in total. The quantitative estimate of drug-likeness (QED) is 0.703. The van der Waals surface area contributed by atoms with Crippen LogP contribution in [0.2, 0.25) is 0 Å². The fraction of sp³-hybridized carbons (Fsp3) is 0.600. The molecule has 3 nitrogen and oxygen atoms in total. The van der Waals surface area contributed by atoms with Gasteiger partial charge in [-0.15, -0.1) is 0 Å². The maximum absolute atomic E-state index is 13.4. The Labute approximate surface area is 85.9 Å². The molecule has 1 saturated heterocycles. The Morgan fingerprint density at radius 1 is 1.40 bits per heavy atom. The lowest BCUT2D eigenvalue weighted by atomic mass is 10.0. The van der Waals surface area contributed by atoms with Gasteiger partial charge in [-0.3, -0.25) is 0 Å². The lowest BCUT2D eigenvalue weighted by Crippen LogP contribution is -2.12. The van der Waals surface area contributed by atoms with Gasteiger partial charge in [0.25, 0.3) is 5.95 Å². The lowest BCUT2D eigenvalue weighted by molar-refractivity contribution is 0.450. The molecular formula is C10H10F2N3. The Kier molecular flexibility index (Phi) is 1.80. The van der Waals surface area contributed by atoms with Crippen LogP contribution < -0.4 is 5.32 Å². The van der Waals surface area contributed by atoms with E-state index in [0.29, 0.717) is 0 Å². The number of halogens is 2. The minimum Gasteiger partial charge on any atom is -0.316 e. The molecule has 0 bridgehead atoms. The zero-order chi connectivity index (χ0) is 10.5. The molecule has 2 heterocycles. The minimum atomic E-state index is -1.09. The summed E-state index contributed by atoms with van der Waals surface area (Å²) in [4.78, 5) is 6.81. The molecular weight excluding hydrogens is 200 g/mol. The molecule has 1 radical (unpaired) electrons. The average Bonchev–Trinajstić information content (AvgIpc) is 2.69. The number of rotatable bonds is 1. The predicted octanol–water partition coefficient (Wildman–Crippen LogP) is 1.02. The van der Waals surface area contributed by atoms with E-state index in [-0.39, 0.29) is 17.0 Å². The van der Waals surface area contributed by atoms with Crippen molar-refractivity contribution in [2.24, 2.45) is 5.41 Å². The number of hydrogen-bond acceptors (Lipinski definition) is 3. The molecule has 2 atom stereocenters. The third-order valence-electron chi connectivity index (χ3n) is 3.52. The predicted molar refractivity (Wildman–Crippen MR) is 48.1 cm³/mol. The highest BCUT2D eigenvalue weighted by atomic mass is 19.2. The topological polar surface area (TPSA) is 37.8 Å². The van der Waals surface area contributed by atoms with E-state index in [1.165, 1.54) is 0 Å². The molecule has 2 unspecified atom stereocenters. The molecule has 79 valence electrons. The van der Waals surface area contributed by atoms with E-state index >= 15 is 0 Å². The van der Waals surface area contributed by atoms with Crippen molar-refractivity contribution in [1.29, 1.82) is 0 Å². The highest BCUT2D eigenvalue weighted by Crippen LogP contribution is 2.62. The summed E-state index contributed by atoms with van der Waals surface area (Å²) in [5, 5.41) is 3.24. The van der Waals surface area contributed by atoms with E-state index in [0.717, 1.165) is 25.9 Å². The Balaban J connectivity index is 1.92. The van der Waals surface area contributed by atoms with Gasteiger partial charge in [-0.1, -0.05) is 0 Å². The first kappa shape index (κ1) is 9.15. The van der Waals surface area contributed by atoms with Crippen LogP contribution in [0.15, 0.2) is 0 Å². The van der Waals surface area contributed by atoms with E-state index in [1.807, 2.05) is 0 Å². The van der Waals surface area contributed by atoms with Crippen molar-refractivity contribution in [3.63, 3.8) is 0 Å². The van der Waals surface area contributed by atoms with Crippen LogP contribution in [0.1, 0.15) is 24.5 Å². The van der Waals surface area contributed by atoms with Gasteiger partial charge in [-0.05, 0) is 24.8 Å². The molecule has 3 rings (SSSR count). The fourth-order valence-electron chi connectivity index (χ4n) is 2.53. The van der Waals surface area contributed by atoms with Gasteiger partial charge >= 0.3 is 0 Å². The third kappa shape index (κ3) is 1.26. The number of hydrogen-bond donors (Lipinski definition) is 1. The zero-order valence-corrected chi connectivity index (χ0v) is 8.06. The SMILES string of the molecule is Fc1n[c]nc(C2CC23CCNC3)c1F. The van der Waals surface area contributed by atoms with Gasteiger partial charge in [0.15, 0.2) is 5.82 Å². The second-order valence-electron chi connectivity index (χ2n) is 4.36. The Morgan fingerprint density at radius 3 is 3.00 bits per heavy atom. The van der Waals surface area contributed by atoms with E-state index in [2.05, 4.69) is 21.6 Å². The summed E-state index contributed by atoms with van der Waals surface area (Å²) in [6, 6.07) is 0. The van der Waals surface area contributed by atoms with Crippen LogP contribution in [0.25, 0.3) is 0 Å². The van der Waals surface area contributed by atoms with Crippen molar-refractivity contribution in [2.75, 3.05) is 13.1 Å². The van der Waals surface area contributed by atoms with Crippen molar-refractivity contribution < 1.29 is 8.78 Å². The molecule has 1 aliphatic heterocycles. The Hall–Kier alpha value is -1.10. The second-order valence-corrected chi connectivity index (χ2v) is 4.36. The Morgan fingerprint density at radius 2 is 2.27 bits per heavy atom. The van der Waals surface area contributed by atoms with Gasteiger partial charge in [0, 0.05) is 12.5 Å². The molecule has 1 saturated carbocycles. The number of nitrogens with zero attached hydrogens (tertiary/aromatic N) is 2. The van der Waals surface area contributed by atoms with Crippen LogP contribution in [0.4, 0.5) is 8.78 Å². The van der Waals surface area contributed by atoms with Gasteiger partial charge in [0.05, 0.1) is 5.69 Å². The highest BCUT2D eigenvalue weighted by Gasteiger charge is 2.57. The van der Waals surface area contributed by atoms with Crippen LogP contribution in [0.5, 0.6) is 0 Å². The summed E-state index contributed by atoms with van der Waals surface area (Å²) in [5.74, 6) is -1.95. The molecule has 15 heavy (non-hydrogen) atoms. The summed E-state index contributed by atoms with van der Waals surface area (Å²) in [7, 11) is 0. The summed E-state index contributed by atoms with van der Waals surface area (Å²) < 4.78 is 26.3. The van der Waals surface area contributed by atoms with Crippen LogP contribution in [0.3, 0.4) is 0 Å². The number of aromatic nitrogens is 2. The maximum atomic E-state index is 13.4. The normalized spacial score (nSPS) is 33.6. The zero-order valence-electron chi connectivity index (χ0n) is 8.06. The minimum absolute atomic E-state index is 0.0428. The molecule has 1 aromatic heterocycles. The molecule has 1 spiro atoms. The monoisotopic (exact) mass is 210 g/mol. The molecule has 1 aromatic rings. The van der Waals surface area contributed by atoms with E-state index in [9.17, 15) is 8.78 Å². The van der Waals surface area contributed by atoms with Crippen LogP contribution in [-0.2, 0) is 0 Å². The van der Waals surface area contributed by atoms with E-state index < -0.39 is 11.8 Å². The van der Waals surface area contributed by atoms with Crippen LogP contribution in [0, 0.1) is 23.5 Å². The highest BCUT2D eigenvalue weighted by molar-refractivity contribution is 5.26. The fourth-order valence-corrected chi connectivity index (χ4v) is 2.53. The first-order chi connectivity index (χ1) is 7.23. The van der Waals surface area contributed by atoms with Crippen molar-refractivity contribution in [3.8, 4) is 0 Å². The van der Waals surface area contributed by atoms with Gasteiger partial charge in [0.1, 0.15) is 0 Å². The maximum Gasteiger partial charge on any atom is 0.253 e. The molecule has 0 aromatic carbocycles. The first-order valence-corrected chi connectivity index (χ1v) is 5.03. The molecule has 2 aliphatic rings. The van der Waals surface area contributed by atoms with Gasteiger partial charge in [-0.25, -0.2) is 4.98 Å². The standard InChI is InChI=1S/C10H10F2N3/c11-7-8(14-5-15-9(7)12)6-3-10(6)1-2-13-4-10/h6,13H,1-4H2.